The van der Waals surface area contributed by atoms with Crippen LogP contribution in [-0.2, 0) is 6.54 Å². The Bertz CT molecular complexity index is 703. The fraction of sp³-hybridized carbons (Fsp3) is 0.0833. The van der Waals surface area contributed by atoms with Crippen LogP contribution < -0.4 is 0 Å². The summed E-state index contributed by atoms with van der Waals surface area (Å²) in [5, 5.41) is 11.6. The molecule has 0 bridgehead atoms. The number of aromatic nitrogens is 2. The quantitative estimate of drug-likeness (QED) is 0.536. The molecule has 2 aromatic heterocycles. The number of nitrogens with zero attached hydrogens (tertiary/aromatic N) is 3. The Hall–Kier alpha value is -2.21. The third-order valence-corrected chi connectivity index (χ3v) is 3.56. The molecule has 0 amide bonds. The van der Waals surface area contributed by atoms with E-state index in [0.717, 1.165) is 10.4 Å². The Morgan fingerprint density at radius 1 is 1.39 bits per heavy atom. The first-order valence-corrected chi connectivity index (χ1v) is 6.23. The molecule has 0 fully saturated rings. The molecule has 3 rings (SSSR count). The first-order valence-electron chi connectivity index (χ1n) is 5.35. The number of hydrogen-bond donors (Lipinski definition) is 0. The summed E-state index contributed by atoms with van der Waals surface area (Å²) in [5.41, 5.74) is 2.80. The molecule has 1 aromatic carbocycles. The van der Waals surface area contributed by atoms with Gasteiger partial charge in [0.2, 0.25) is 0 Å². The second-order valence-corrected chi connectivity index (χ2v) is 4.85. The fourth-order valence-electron chi connectivity index (χ4n) is 1.99. The third-order valence-electron chi connectivity index (χ3n) is 2.80. The van der Waals surface area contributed by atoms with Gasteiger partial charge in [-0.1, -0.05) is 6.07 Å². The molecular formula is C12H9N3O2S. The molecule has 0 aliphatic heterocycles. The van der Waals surface area contributed by atoms with Crippen LogP contribution in [0.5, 0.6) is 0 Å². The van der Waals surface area contributed by atoms with Crippen LogP contribution in [0.3, 0.4) is 0 Å². The maximum absolute atomic E-state index is 10.9. The zero-order valence-electron chi connectivity index (χ0n) is 9.31. The van der Waals surface area contributed by atoms with Crippen molar-refractivity contribution in [1.82, 2.24) is 9.55 Å². The van der Waals surface area contributed by atoms with Crippen LogP contribution >= 0.6 is 11.3 Å². The van der Waals surface area contributed by atoms with Crippen molar-refractivity contribution in [1.29, 1.82) is 0 Å². The van der Waals surface area contributed by atoms with Crippen LogP contribution in [0.2, 0.25) is 0 Å². The molecule has 0 aliphatic rings. The van der Waals surface area contributed by atoms with E-state index in [1.165, 1.54) is 6.07 Å². The molecule has 0 aliphatic carbocycles. The average Bonchev–Trinajstić information content (AvgIpc) is 2.99. The standard InChI is InChI=1S/C12H9N3O2S/c16-15(17)12-3-1-2-11-10(12)4-5-14(11)7-9-6-13-8-18-9/h1-6,8H,7H2. The third kappa shape index (κ3) is 1.76. The lowest BCUT2D eigenvalue weighted by Gasteiger charge is -2.02. The average molecular weight is 259 g/mol. The van der Waals surface area contributed by atoms with Crippen LogP contribution in [0.25, 0.3) is 10.9 Å². The zero-order chi connectivity index (χ0) is 12.5. The number of nitro benzene ring substituents is 1. The van der Waals surface area contributed by atoms with Gasteiger partial charge in [0.1, 0.15) is 0 Å². The minimum Gasteiger partial charge on any atom is -0.342 e. The summed E-state index contributed by atoms with van der Waals surface area (Å²) in [6, 6.07) is 6.92. The van der Waals surface area contributed by atoms with Crippen LogP contribution in [0, 0.1) is 10.1 Å². The summed E-state index contributed by atoms with van der Waals surface area (Å²) >= 11 is 1.57. The molecule has 3 aromatic rings. The molecule has 6 heteroatoms. The minimum atomic E-state index is -0.348. The number of rotatable bonds is 3. The summed E-state index contributed by atoms with van der Waals surface area (Å²) in [6.07, 6.45) is 3.69. The molecule has 0 saturated heterocycles. The van der Waals surface area contributed by atoms with Crippen LogP contribution in [0.15, 0.2) is 42.2 Å². The van der Waals surface area contributed by atoms with Gasteiger partial charge < -0.3 is 4.57 Å². The van der Waals surface area contributed by atoms with E-state index in [9.17, 15) is 10.1 Å². The smallest absolute Gasteiger partial charge is 0.278 e. The van der Waals surface area contributed by atoms with Crippen molar-refractivity contribution in [3.8, 4) is 0 Å². The molecule has 18 heavy (non-hydrogen) atoms. The maximum atomic E-state index is 10.9. The number of thiazole rings is 1. The van der Waals surface area contributed by atoms with Crippen LogP contribution in [-0.4, -0.2) is 14.5 Å². The fourth-order valence-corrected chi connectivity index (χ4v) is 2.58. The largest absolute Gasteiger partial charge is 0.342 e. The predicted molar refractivity (Wildman–Crippen MR) is 69.8 cm³/mol. The lowest BCUT2D eigenvalue weighted by Crippen LogP contribution is -1.96. The van der Waals surface area contributed by atoms with E-state index < -0.39 is 0 Å². The topological polar surface area (TPSA) is 61.0 Å². The highest BCUT2D eigenvalue weighted by Gasteiger charge is 2.13. The number of hydrogen-bond acceptors (Lipinski definition) is 4. The Kier molecular flexibility index (Phi) is 2.56. The van der Waals surface area contributed by atoms with Crippen molar-refractivity contribution in [2.75, 3.05) is 0 Å². The second kappa shape index (κ2) is 4.23. The van der Waals surface area contributed by atoms with Crippen LogP contribution in [0.4, 0.5) is 5.69 Å². The van der Waals surface area contributed by atoms with Crippen molar-refractivity contribution >= 4 is 27.9 Å². The summed E-state index contributed by atoms with van der Waals surface area (Å²) < 4.78 is 2.00. The van der Waals surface area contributed by atoms with Crippen molar-refractivity contribution in [3.05, 3.63) is 57.2 Å². The molecule has 90 valence electrons. The van der Waals surface area contributed by atoms with E-state index in [-0.39, 0.29) is 10.6 Å². The highest BCUT2D eigenvalue weighted by atomic mass is 32.1. The van der Waals surface area contributed by atoms with E-state index in [1.807, 2.05) is 23.0 Å². The highest BCUT2D eigenvalue weighted by molar-refractivity contribution is 7.09. The van der Waals surface area contributed by atoms with E-state index >= 15 is 0 Å². The van der Waals surface area contributed by atoms with Crippen molar-refractivity contribution in [2.45, 2.75) is 6.54 Å². The van der Waals surface area contributed by atoms with E-state index in [4.69, 9.17) is 0 Å². The molecule has 5 nitrogen and oxygen atoms in total. The molecular weight excluding hydrogens is 250 g/mol. The number of benzene rings is 1. The lowest BCUT2D eigenvalue weighted by atomic mass is 10.2. The normalized spacial score (nSPS) is 10.9. The minimum absolute atomic E-state index is 0.149. The highest BCUT2D eigenvalue weighted by Crippen LogP contribution is 2.27. The van der Waals surface area contributed by atoms with E-state index in [2.05, 4.69) is 4.98 Å². The molecule has 0 unspecified atom stereocenters. The van der Waals surface area contributed by atoms with Gasteiger partial charge in [0.05, 0.1) is 27.9 Å². The monoisotopic (exact) mass is 259 g/mol. The van der Waals surface area contributed by atoms with Gasteiger partial charge in [0, 0.05) is 23.3 Å². The van der Waals surface area contributed by atoms with Crippen molar-refractivity contribution in [3.63, 3.8) is 0 Å². The lowest BCUT2D eigenvalue weighted by molar-refractivity contribution is -0.383. The Morgan fingerprint density at radius 3 is 3.00 bits per heavy atom. The Morgan fingerprint density at radius 2 is 2.28 bits per heavy atom. The molecule has 0 saturated carbocycles. The number of fused-ring (bicyclic) bond motifs is 1. The van der Waals surface area contributed by atoms with Gasteiger partial charge in [-0.3, -0.25) is 15.1 Å². The summed E-state index contributed by atoms with van der Waals surface area (Å²) in [6.45, 7) is 0.690. The molecule has 0 spiro atoms. The van der Waals surface area contributed by atoms with Crippen molar-refractivity contribution < 1.29 is 4.92 Å². The summed E-state index contributed by atoms with van der Waals surface area (Å²) in [5.74, 6) is 0. The van der Waals surface area contributed by atoms with Crippen LogP contribution in [0.1, 0.15) is 4.88 Å². The second-order valence-electron chi connectivity index (χ2n) is 3.88. The zero-order valence-corrected chi connectivity index (χ0v) is 10.1. The molecule has 0 N–H and O–H groups in total. The maximum Gasteiger partial charge on any atom is 0.278 e. The predicted octanol–water partition coefficient (Wildman–Crippen LogP) is 3.05. The first-order chi connectivity index (χ1) is 8.75. The molecule has 0 radical (unpaired) electrons. The number of nitro groups is 1. The summed E-state index contributed by atoms with van der Waals surface area (Å²) in [4.78, 5) is 15.7. The van der Waals surface area contributed by atoms with E-state index in [1.54, 1.807) is 29.0 Å². The van der Waals surface area contributed by atoms with Gasteiger partial charge in [-0.05, 0) is 12.1 Å². The first kappa shape index (κ1) is 10.9. The molecule has 2 heterocycles. The summed E-state index contributed by atoms with van der Waals surface area (Å²) in [7, 11) is 0. The van der Waals surface area contributed by atoms with Gasteiger partial charge in [-0.15, -0.1) is 11.3 Å². The van der Waals surface area contributed by atoms with Gasteiger partial charge >= 0.3 is 0 Å². The van der Waals surface area contributed by atoms with Gasteiger partial charge in [-0.25, -0.2) is 0 Å². The van der Waals surface area contributed by atoms with Crippen molar-refractivity contribution in [2.24, 2.45) is 0 Å². The van der Waals surface area contributed by atoms with E-state index in [0.29, 0.717) is 11.9 Å². The number of non-ortho nitro benzene ring substituents is 1. The Balaban J connectivity index is 2.09. The Labute approximate surface area is 106 Å². The molecule has 0 atom stereocenters. The van der Waals surface area contributed by atoms with Gasteiger partial charge in [0.25, 0.3) is 5.69 Å². The van der Waals surface area contributed by atoms with Gasteiger partial charge in [-0.2, -0.15) is 0 Å². The SMILES string of the molecule is O=[N+]([O-])c1cccc2c1ccn2Cc1cncs1. The van der Waals surface area contributed by atoms with Gasteiger partial charge in [0.15, 0.2) is 0 Å².